The third-order valence-corrected chi connectivity index (χ3v) is 6.58. The second-order valence-electron chi connectivity index (χ2n) is 7.37. The number of amides is 2. The minimum absolute atomic E-state index is 0.00364. The first kappa shape index (κ1) is 23.3. The molecule has 0 fully saturated rings. The highest BCUT2D eigenvalue weighted by Crippen LogP contribution is 2.20. The quantitative estimate of drug-likeness (QED) is 0.524. The lowest BCUT2D eigenvalue weighted by atomic mass is 10.2. The van der Waals surface area contributed by atoms with Crippen molar-refractivity contribution in [3.63, 3.8) is 0 Å². The van der Waals surface area contributed by atoms with Crippen LogP contribution < -0.4 is 5.32 Å². The van der Waals surface area contributed by atoms with Crippen LogP contribution in [0.5, 0.6) is 0 Å². The van der Waals surface area contributed by atoms with Crippen molar-refractivity contribution in [1.82, 2.24) is 4.90 Å². The third-order valence-electron chi connectivity index (χ3n) is 4.92. The molecule has 2 amide bonds. The predicted octanol–water partition coefficient (Wildman–Crippen LogP) is 4.13. The number of hydrogen-bond donors (Lipinski definition) is 1. The Bertz CT molecular complexity index is 1160. The SMILES string of the molecule is CCCN(C(=O)c1ccc(CS(=O)(=O)c2ccccc2)o1)C(C)C(=O)Nc1ccccc1. The molecule has 0 aliphatic heterocycles. The molecule has 1 aromatic heterocycles. The maximum atomic E-state index is 13.1. The molecule has 1 N–H and O–H groups in total. The molecule has 168 valence electrons. The van der Waals surface area contributed by atoms with Gasteiger partial charge in [0.05, 0.1) is 4.90 Å². The number of rotatable bonds is 9. The van der Waals surface area contributed by atoms with E-state index in [0.717, 1.165) is 0 Å². The first-order chi connectivity index (χ1) is 15.3. The molecule has 0 bridgehead atoms. The molecule has 0 aliphatic rings. The zero-order valence-electron chi connectivity index (χ0n) is 18.0. The molecule has 1 unspecified atom stereocenters. The van der Waals surface area contributed by atoms with Gasteiger partial charge in [0, 0.05) is 12.2 Å². The Morgan fingerprint density at radius 1 is 0.969 bits per heavy atom. The van der Waals surface area contributed by atoms with E-state index < -0.39 is 21.8 Å². The molecule has 0 radical (unpaired) electrons. The summed E-state index contributed by atoms with van der Waals surface area (Å²) < 4.78 is 30.7. The standard InChI is InChI=1S/C24H26N2O5S/c1-3-16-26(18(2)23(27)25-19-10-6-4-7-11-19)24(28)22-15-14-20(31-22)17-32(29,30)21-12-8-5-9-13-21/h4-15,18H,3,16-17H2,1-2H3,(H,25,27). The number of furan rings is 1. The molecular formula is C24H26N2O5S. The van der Waals surface area contributed by atoms with Gasteiger partial charge in [-0.05, 0) is 49.7 Å². The number of benzene rings is 2. The Hall–Kier alpha value is -3.39. The molecule has 1 atom stereocenters. The van der Waals surface area contributed by atoms with Gasteiger partial charge in [0.25, 0.3) is 5.91 Å². The first-order valence-corrected chi connectivity index (χ1v) is 12.0. The van der Waals surface area contributed by atoms with E-state index in [2.05, 4.69) is 5.32 Å². The van der Waals surface area contributed by atoms with Crippen molar-refractivity contribution >= 4 is 27.3 Å². The Morgan fingerprint density at radius 2 is 1.59 bits per heavy atom. The van der Waals surface area contributed by atoms with Crippen LogP contribution in [0.2, 0.25) is 0 Å². The summed E-state index contributed by atoms with van der Waals surface area (Å²) in [5, 5.41) is 2.80. The van der Waals surface area contributed by atoms with E-state index in [4.69, 9.17) is 4.42 Å². The Kier molecular flexibility index (Phi) is 7.48. The number of hydrogen-bond acceptors (Lipinski definition) is 5. The smallest absolute Gasteiger partial charge is 0.290 e. The fourth-order valence-electron chi connectivity index (χ4n) is 3.23. The molecule has 8 heteroatoms. The molecule has 3 rings (SSSR count). The summed E-state index contributed by atoms with van der Waals surface area (Å²) in [6, 6.07) is 19.2. The van der Waals surface area contributed by atoms with Crippen LogP contribution in [0, 0.1) is 0 Å². The van der Waals surface area contributed by atoms with Crippen molar-refractivity contribution in [2.45, 2.75) is 37.0 Å². The lowest BCUT2D eigenvalue weighted by molar-refractivity contribution is -0.120. The summed E-state index contributed by atoms with van der Waals surface area (Å²) in [6.07, 6.45) is 0.644. The summed E-state index contributed by atoms with van der Waals surface area (Å²) in [5.74, 6) is -0.990. The van der Waals surface area contributed by atoms with Crippen molar-refractivity contribution in [2.75, 3.05) is 11.9 Å². The molecule has 0 spiro atoms. The number of sulfone groups is 1. The van der Waals surface area contributed by atoms with E-state index in [0.29, 0.717) is 18.7 Å². The molecule has 2 aromatic carbocycles. The van der Waals surface area contributed by atoms with Crippen LogP contribution in [0.25, 0.3) is 0 Å². The van der Waals surface area contributed by atoms with Crippen LogP contribution in [-0.2, 0) is 20.4 Å². The molecule has 7 nitrogen and oxygen atoms in total. The summed E-state index contributed by atoms with van der Waals surface area (Å²) in [5.41, 5.74) is 0.639. The Balaban J connectivity index is 1.74. The fourth-order valence-corrected chi connectivity index (χ4v) is 4.50. The number of anilines is 1. The maximum absolute atomic E-state index is 13.1. The second kappa shape index (κ2) is 10.3. The normalized spacial score (nSPS) is 12.2. The number of carbonyl (C=O) groups is 2. The number of nitrogens with zero attached hydrogens (tertiary/aromatic N) is 1. The maximum Gasteiger partial charge on any atom is 0.290 e. The highest BCUT2D eigenvalue weighted by Gasteiger charge is 2.28. The summed E-state index contributed by atoms with van der Waals surface area (Å²) in [7, 11) is -3.60. The second-order valence-corrected chi connectivity index (χ2v) is 9.36. The van der Waals surface area contributed by atoms with E-state index in [1.54, 1.807) is 37.3 Å². The monoisotopic (exact) mass is 454 g/mol. The van der Waals surface area contributed by atoms with Crippen molar-refractivity contribution in [1.29, 1.82) is 0 Å². The Labute approximate surface area is 188 Å². The zero-order chi connectivity index (χ0) is 23.1. The van der Waals surface area contributed by atoms with E-state index >= 15 is 0 Å². The van der Waals surface area contributed by atoms with Gasteiger partial charge in [-0.3, -0.25) is 9.59 Å². The third kappa shape index (κ3) is 5.64. The average Bonchev–Trinajstić information content (AvgIpc) is 3.25. The molecule has 0 saturated carbocycles. The van der Waals surface area contributed by atoms with E-state index in [1.807, 2.05) is 25.1 Å². The van der Waals surface area contributed by atoms with Gasteiger partial charge in [0.2, 0.25) is 5.91 Å². The summed E-state index contributed by atoms with van der Waals surface area (Å²) in [4.78, 5) is 27.4. The van der Waals surface area contributed by atoms with Crippen molar-refractivity contribution in [3.05, 3.63) is 84.3 Å². The topological polar surface area (TPSA) is 96.7 Å². The lowest BCUT2D eigenvalue weighted by Gasteiger charge is -2.27. The van der Waals surface area contributed by atoms with Gasteiger partial charge in [0.1, 0.15) is 17.6 Å². The fraction of sp³-hybridized carbons (Fsp3) is 0.250. The molecule has 0 aliphatic carbocycles. The number of para-hydroxylation sites is 1. The van der Waals surface area contributed by atoms with Gasteiger partial charge in [-0.2, -0.15) is 0 Å². The molecule has 1 heterocycles. The largest absolute Gasteiger partial charge is 0.455 e. The van der Waals surface area contributed by atoms with Gasteiger partial charge in [-0.15, -0.1) is 0 Å². The molecule has 0 saturated heterocycles. The van der Waals surface area contributed by atoms with Crippen molar-refractivity contribution in [2.24, 2.45) is 0 Å². The lowest BCUT2D eigenvalue weighted by Crippen LogP contribution is -2.45. The average molecular weight is 455 g/mol. The minimum atomic E-state index is -3.60. The number of carbonyl (C=O) groups excluding carboxylic acids is 2. The van der Waals surface area contributed by atoms with Crippen LogP contribution in [0.1, 0.15) is 36.6 Å². The van der Waals surface area contributed by atoms with Gasteiger partial charge in [0.15, 0.2) is 15.6 Å². The summed E-state index contributed by atoms with van der Waals surface area (Å²) >= 11 is 0. The van der Waals surface area contributed by atoms with Gasteiger partial charge in [-0.1, -0.05) is 43.3 Å². The van der Waals surface area contributed by atoms with Crippen LogP contribution in [0.3, 0.4) is 0 Å². The van der Waals surface area contributed by atoms with Gasteiger partial charge in [-0.25, -0.2) is 8.42 Å². The predicted molar refractivity (Wildman–Crippen MR) is 122 cm³/mol. The van der Waals surface area contributed by atoms with Crippen LogP contribution in [0.4, 0.5) is 5.69 Å². The van der Waals surface area contributed by atoms with E-state index in [-0.39, 0.29) is 28.1 Å². The van der Waals surface area contributed by atoms with Crippen LogP contribution in [0.15, 0.2) is 82.1 Å². The first-order valence-electron chi connectivity index (χ1n) is 10.3. The van der Waals surface area contributed by atoms with Gasteiger partial charge < -0.3 is 14.6 Å². The zero-order valence-corrected chi connectivity index (χ0v) is 18.8. The van der Waals surface area contributed by atoms with Crippen LogP contribution in [-0.4, -0.2) is 37.7 Å². The molecule has 3 aromatic rings. The van der Waals surface area contributed by atoms with E-state index in [9.17, 15) is 18.0 Å². The Morgan fingerprint density at radius 3 is 2.22 bits per heavy atom. The minimum Gasteiger partial charge on any atom is -0.455 e. The summed E-state index contributed by atoms with van der Waals surface area (Å²) in [6.45, 7) is 3.90. The van der Waals surface area contributed by atoms with E-state index in [1.165, 1.54) is 29.2 Å². The van der Waals surface area contributed by atoms with Crippen molar-refractivity contribution in [3.8, 4) is 0 Å². The number of nitrogens with one attached hydrogen (secondary N) is 1. The van der Waals surface area contributed by atoms with Gasteiger partial charge >= 0.3 is 0 Å². The highest BCUT2D eigenvalue weighted by molar-refractivity contribution is 7.90. The molecule has 32 heavy (non-hydrogen) atoms. The highest BCUT2D eigenvalue weighted by atomic mass is 32.2. The van der Waals surface area contributed by atoms with Crippen molar-refractivity contribution < 1.29 is 22.4 Å². The molecular weight excluding hydrogens is 428 g/mol. The van der Waals surface area contributed by atoms with Crippen LogP contribution >= 0.6 is 0 Å².